The van der Waals surface area contributed by atoms with Gasteiger partial charge >= 0.3 is 23.9 Å². The van der Waals surface area contributed by atoms with Crippen molar-refractivity contribution in [1.29, 1.82) is 0 Å². The van der Waals surface area contributed by atoms with E-state index in [2.05, 4.69) is 5.10 Å². The zero-order valence-electron chi connectivity index (χ0n) is 32.5. The summed E-state index contributed by atoms with van der Waals surface area (Å²) in [6, 6.07) is 5.79. The molecule has 0 aliphatic carbocycles. The van der Waals surface area contributed by atoms with Gasteiger partial charge in [-0.05, 0) is 25.0 Å². The van der Waals surface area contributed by atoms with Gasteiger partial charge in [-0.2, -0.15) is 5.10 Å². The van der Waals surface area contributed by atoms with E-state index in [-0.39, 0.29) is 6.42 Å². The molecule has 2 aromatic rings. The number of cyclic esters (lactones) is 4. The molecule has 1 aliphatic rings. The molecule has 0 bridgehead atoms. The number of methoxy groups -OCH3 is 1. The van der Waals surface area contributed by atoms with E-state index in [1.54, 1.807) is 36.3 Å². The molecule has 1 aliphatic heterocycles. The lowest BCUT2D eigenvalue weighted by molar-refractivity contribution is -0.167. The Kier molecular flexibility index (Phi) is 16.7. The van der Waals surface area contributed by atoms with E-state index in [0.29, 0.717) is 31.1 Å². The highest BCUT2D eigenvalue weighted by molar-refractivity contribution is 5.91. The van der Waals surface area contributed by atoms with Gasteiger partial charge in [0.1, 0.15) is 32.3 Å². The summed E-state index contributed by atoms with van der Waals surface area (Å²) in [5.41, 5.74) is 1.47. The number of aromatic nitrogens is 2. The maximum atomic E-state index is 13.6. The molecule has 306 valence electrons. The van der Waals surface area contributed by atoms with Crippen LogP contribution < -0.4 is 4.74 Å². The molecule has 1 aromatic carbocycles. The van der Waals surface area contributed by atoms with Crippen molar-refractivity contribution in [3.8, 4) is 5.75 Å². The summed E-state index contributed by atoms with van der Waals surface area (Å²) < 4.78 is 32.9. The highest BCUT2D eigenvalue weighted by Gasteiger charge is 2.33. The van der Waals surface area contributed by atoms with Crippen LogP contribution in [0.25, 0.3) is 0 Å². The van der Waals surface area contributed by atoms with Crippen LogP contribution >= 0.6 is 0 Å². The number of hydrogen-bond donors (Lipinski definition) is 0. The number of hydrogen-bond acceptors (Lipinski definition) is 15. The smallest absolute Gasteiger partial charge is 0.329 e. The number of ether oxygens (including phenoxy) is 6. The number of rotatable bonds is 8. The summed E-state index contributed by atoms with van der Waals surface area (Å²) in [6.07, 6.45) is 0.454. The minimum Gasteiger partial charge on any atom is -0.488 e. The quantitative estimate of drug-likeness (QED) is 0.172. The lowest BCUT2D eigenvalue weighted by Crippen LogP contribution is -2.49. The van der Waals surface area contributed by atoms with E-state index < -0.39 is 98.6 Å². The number of nitrogens with zero attached hydrogens (tertiary/aromatic N) is 6. The molecule has 1 saturated heterocycles. The van der Waals surface area contributed by atoms with Gasteiger partial charge in [-0.1, -0.05) is 24.3 Å². The Morgan fingerprint density at radius 2 is 1.23 bits per heavy atom. The molecule has 4 amide bonds. The van der Waals surface area contributed by atoms with Crippen LogP contribution in [0, 0.1) is 0 Å². The molecule has 1 aromatic heterocycles. The van der Waals surface area contributed by atoms with E-state index in [4.69, 9.17) is 28.4 Å². The maximum Gasteiger partial charge on any atom is 0.329 e. The van der Waals surface area contributed by atoms with Gasteiger partial charge < -0.3 is 48.0 Å². The molecule has 3 unspecified atom stereocenters. The average Bonchev–Trinajstić information content (AvgIpc) is 3.60. The summed E-state index contributed by atoms with van der Waals surface area (Å²) in [5.74, 6) is -6.45. The largest absolute Gasteiger partial charge is 0.488 e. The molecule has 0 spiro atoms. The summed E-state index contributed by atoms with van der Waals surface area (Å²) >= 11 is 0. The molecule has 3 rings (SSSR count). The molecular formula is C36H48N6O14. The van der Waals surface area contributed by atoms with Gasteiger partial charge in [0.05, 0.1) is 25.5 Å². The number of benzene rings is 1. The zero-order chi connectivity index (χ0) is 41.5. The standard InChI is InChI=1S/C36H48N6O14/c1-23-34(48)39(4)19-32(46)54-22-30(44)41(6)28(14-25-8-10-26(11-9-25)16-42-17-27(15-37-42)52-13-12-51-7)36(50)56-24(2)35(49)40(5)18-31(45)53-21-29(43)38(3)20-33(47)55-23/h8-11,15,17,23-24,28H,12-14,16,18-22H2,1-7H3. The van der Waals surface area contributed by atoms with Crippen LogP contribution in [-0.4, -0.2) is 176 Å². The Morgan fingerprint density at radius 3 is 1.82 bits per heavy atom. The van der Waals surface area contributed by atoms with Gasteiger partial charge in [-0.25, -0.2) is 4.79 Å². The SMILES string of the molecule is COCCOc1cnn(Cc2ccc(CC3C(=O)OC(C)C(=O)N(C)CC(=O)OCC(=O)N(C)CC(=O)OC(C)C(=O)N(C)CC(=O)OCC(=O)N3C)cc2)c1. The van der Waals surface area contributed by atoms with E-state index in [1.165, 1.54) is 42.0 Å². The summed E-state index contributed by atoms with van der Waals surface area (Å²) in [6.45, 7) is 0.328. The highest BCUT2D eigenvalue weighted by atomic mass is 16.6. The monoisotopic (exact) mass is 788 g/mol. The number of likely N-dealkylation sites (N-methyl/N-ethyl adjacent to an activating group) is 4. The highest BCUT2D eigenvalue weighted by Crippen LogP contribution is 2.16. The zero-order valence-corrected chi connectivity index (χ0v) is 32.5. The van der Waals surface area contributed by atoms with Crippen LogP contribution in [0.2, 0.25) is 0 Å². The number of carbonyl (C=O) groups is 8. The summed E-state index contributed by atoms with van der Waals surface area (Å²) in [7, 11) is 6.61. The second-order valence-electron chi connectivity index (χ2n) is 12.9. The predicted octanol–water partition coefficient (Wildman–Crippen LogP) is -1.34. The predicted molar refractivity (Wildman–Crippen MR) is 191 cm³/mol. The van der Waals surface area contributed by atoms with E-state index in [9.17, 15) is 38.4 Å². The van der Waals surface area contributed by atoms with Crippen LogP contribution in [0.1, 0.15) is 25.0 Å². The minimum absolute atomic E-state index is 0.0754. The Bertz CT molecular complexity index is 1730. The van der Waals surface area contributed by atoms with Crippen molar-refractivity contribution >= 4 is 47.5 Å². The van der Waals surface area contributed by atoms with Crippen LogP contribution in [0.4, 0.5) is 0 Å². The van der Waals surface area contributed by atoms with Gasteiger partial charge in [0.25, 0.3) is 23.6 Å². The van der Waals surface area contributed by atoms with Gasteiger partial charge in [0.2, 0.25) is 0 Å². The molecule has 2 heterocycles. The first-order valence-electron chi connectivity index (χ1n) is 17.4. The number of amides is 4. The third-order valence-corrected chi connectivity index (χ3v) is 8.38. The van der Waals surface area contributed by atoms with E-state index in [0.717, 1.165) is 25.2 Å². The molecule has 0 radical (unpaired) electrons. The Morgan fingerprint density at radius 1 is 0.696 bits per heavy atom. The molecule has 1 fully saturated rings. The molecule has 3 atom stereocenters. The van der Waals surface area contributed by atoms with Crippen LogP contribution in [0.5, 0.6) is 5.75 Å². The molecule has 0 saturated carbocycles. The van der Waals surface area contributed by atoms with Crippen molar-refractivity contribution < 1.29 is 66.8 Å². The van der Waals surface area contributed by atoms with Gasteiger partial charge in [-0.3, -0.25) is 38.2 Å². The molecular weight excluding hydrogens is 740 g/mol. The van der Waals surface area contributed by atoms with Crippen molar-refractivity contribution in [3.05, 3.63) is 47.8 Å². The fourth-order valence-corrected chi connectivity index (χ4v) is 5.11. The molecule has 20 nitrogen and oxygen atoms in total. The van der Waals surface area contributed by atoms with Crippen molar-refractivity contribution in [2.75, 3.05) is 81.4 Å². The van der Waals surface area contributed by atoms with Crippen LogP contribution in [0.15, 0.2) is 36.7 Å². The van der Waals surface area contributed by atoms with Crippen molar-refractivity contribution in [2.24, 2.45) is 0 Å². The Balaban J connectivity index is 1.80. The van der Waals surface area contributed by atoms with Gasteiger partial charge in [0, 0.05) is 41.7 Å². The molecule has 0 N–H and O–H groups in total. The first-order valence-corrected chi connectivity index (χ1v) is 17.4. The van der Waals surface area contributed by atoms with Crippen molar-refractivity contribution in [2.45, 2.75) is 45.1 Å². The summed E-state index contributed by atoms with van der Waals surface area (Å²) in [5, 5.41) is 4.29. The van der Waals surface area contributed by atoms with Gasteiger partial charge in [0.15, 0.2) is 31.2 Å². The minimum atomic E-state index is -1.43. The van der Waals surface area contributed by atoms with Crippen LogP contribution in [0.3, 0.4) is 0 Å². The topological polar surface area (TPSA) is 223 Å². The third-order valence-electron chi connectivity index (χ3n) is 8.38. The second kappa shape index (κ2) is 21.1. The average molecular weight is 789 g/mol. The van der Waals surface area contributed by atoms with E-state index >= 15 is 0 Å². The molecule has 20 heteroatoms. The Labute approximate surface area is 323 Å². The first kappa shape index (κ1) is 44.3. The molecule has 56 heavy (non-hydrogen) atoms. The number of esters is 4. The normalized spacial score (nSPS) is 20.9. The lowest BCUT2D eigenvalue weighted by atomic mass is 10.0. The first-order chi connectivity index (χ1) is 26.5. The second-order valence-corrected chi connectivity index (χ2v) is 12.9. The third kappa shape index (κ3) is 13.7. The fraction of sp³-hybridized carbons (Fsp3) is 0.528. The Hall–Kier alpha value is -6.05. The van der Waals surface area contributed by atoms with Crippen LogP contribution in [-0.2, 0) is 75.0 Å². The fourth-order valence-electron chi connectivity index (χ4n) is 5.11. The van der Waals surface area contributed by atoms with Crippen molar-refractivity contribution in [1.82, 2.24) is 29.4 Å². The summed E-state index contributed by atoms with van der Waals surface area (Å²) in [4.78, 5) is 106. The van der Waals surface area contributed by atoms with Gasteiger partial charge in [-0.15, -0.1) is 0 Å². The van der Waals surface area contributed by atoms with E-state index in [1.807, 2.05) is 12.1 Å². The lowest BCUT2D eigenvalue weighted by Gasteiger charge is -2.29. The number of carbonyl (C=O) groups excluding carboxylic acids is 8. The van der Waals surface area contributed by atoms with Crippen molar-refractivity contribution in [3.63, 3.8) is 0 Å². The maximum absolute atomic E-state index is 13.6.